The minimum atomic E-state index is -0.298. The van der Waals surface area contributed by atoms with Crippen LogP contribution in [0, 0.1) is 0 Å². The van der Waals surface area contributed by atoms with E-state index in [2.05, 4.69) is 11.9 Å². The maximum absolute atomic E-state index is 11.7. The number of halogens is 2. The fourth-order valence-electron chi connectivity index (χ4n) is 1.65. The summed E-state index contributed by atoms with van der Waals surface area (Å²) in [6, 6.07) is 4.76. The van der Waals surface area contributed by atoms with Crippen LogP contribution >= 0.6 is 23.2 Å². The summed E-state index contributed by atoms with van der Waals surface area (Å²) in [5.41, 5.74) is 0. The minimum absolute atomic E-state index is 0.0710. The van der Waals surface area contributed by atoms with Crippen LogP contribution in [0.1, 0.15) is 6.92 Å². The highest BCUT2D eigenvalue weighted by Gasteiger charge is 2.09. The Morgan fingerprint density at radius 3 is 2.73 bits per heavy atom. The van der Waals surface area contributed by atoms with Gasteiger partial charge in [-0.25, -0.2) is 0 Å². The molecule has 0 radical (unpaired) electrons. The Kier molecular flexibility index (Phi) is 7.77. The number of rotatable bonds is 8. The van der Waals surface area contributed by atoms with Crippen molar-refractivity contribution in [2.24, 2.45) is 0 Å². The summed E-state index contributed by atoms with van der Waals surface area (Å²) in [7, 11) is 0. The second-order valence-corrected chi connectivity index (χ2v) is 5.31. The molecule has 0 aliphatic carbocycles. The summed E-state index contributed by atoms with van der Waals surface area (Å²) in [5, 5.41) is 3.50. The Bertz CT molecular complexity index is 550. The lowest BCUT2D eigenvalue weighted by molar-refractivity contribution is -0.129. The number of nitrogens with one attached hydrogen (secondary N) is 1. The quantitative estimate of drug-likeness (QED) is 0.737. The van der Waals surface area contributed by atoms with Crippen molar-refractivity contribution >= 4 is 35.0 Å². The number of amides is 2. The maximum Gasteiger partial charge on any atom is 0.258 e. The van der Waals surface area contributed by atoms with Gasteiger partial charge in [0.15, 0.2) is 6.61 Å². The lowest BCUT2D eigenvalue weighted by Crippen LogP contribution is -2.39. The molecule has 5 nitrogen and oxygen atoms in total. The Balaban J connectivity index is 2.34. The van der Waals surface area contributed by atoms with Crippen molar-refractivity contribution in [3.63, 3.8) is 0 Å². The molecule has 0 heterocycles. The first-order valence-corrected chi connectivity index (χ1v) is 7.40. The van der Waals surface area contributed by atoms with Crippen molar-refractivity contribution in [3.8, 4) is 5.75 Å². The highest BCUT2D eigenvalue weighted by molar-refractivity contribution is 6.35. The maximum atomic E-state index is 11.7. The van der Waals surface area contributed by atoms with E-state index >= 15 is 0 Å². The molecule has 0 aliphatic heterocycles. The number of ether oxygens (including phenoxy) is 1. The van der Waals surface area contributed by atoms with Gasteiger partial charge < -0.3 is 15.0 Å². The Morgan fingerprint density at radius 1 is 1.41 bits per heavy atom. The van der Waals surface area contributed by atoms with Crippen LogP contribution in [0.4, 0.5) is 0 Å². The van der Waals surface area contributed by atoms with Gasteiger partial charge in [0.05, 0.1) is 5.02 Å². The van der Waals surface area contributed by atoms with E-state index in [1.54, 1.807) is 23.1 Å². The van der Waals surface area contributed by atoms with E-state index in [9.17, 15) is 9.59 Å². The molecule has 1 aromatic rings. The smallest absolute Gasteiger partial charge is 0.258 e. The van der Waals surface area contributed by atoms with E-state index in [-0.39, 0.29) is 18.4 Å². The van der Waals surface area contributed by atoms with Crippen LogP contribution in [0.3, 0.4) is 0 Å². The van der Waals surface area contributed by atoms with Crippen LogP contribution in [-0.2, 0) is 9.59 Å². The molecule has 2 amide bonds. The predicted octanol–water partition coefficient (Wildman–Crippen LogP) is 2.52. The van der Waals surface area contributed by atoms with Crippen LogP contribution in [0.2, 0.25) is 10.0 Å². The number of hydrogen-bond donors (Lipinski definition) is 1. The van der Waals surface area contributed by atoms with Crippen molar-refractivity contribution in [1.29, 1.82) is 0 Å². The summed E-state index contributed by atoms with van der Waals surface area (Å²) < 4.78 is 5.31. The van der Waals surface area contributed by atoms with Gasteiger partial charge in [0.2, 0.25) is 5.91 Å². The van der Waals surface area contributed by atoms with Crippen molar-refractivity contribution < 1.29 is 14.3 Å². The third-order valence-corrected chi connectivity index (χ3v) is 3.28. The zero-order valence-corrected chi connectivity index (χ0v) is 13.8. The third kappa shape index (κ3) is 6.37. The second-order valence-electron chi connectivity index (χ2n) is 4.47. The minimum Gasteiger partial charge on any atom is -0.482 e. The number of hydrogen-bond acceptors (Lipinski definition) is 3. The zero-order valence-electron chi connectivity index (χ0n) is 12.3. The molecule has 0 saturated heterocycles. The van der Waals surface area contributed by atoms with Gasteiger partial charge in [-0.05, 0) is 18.2 Å². The first-order chi connectivity index (χ1) is 10.4. The summed E-state index contributed by atoms with van der Waals surface area (Å²) >= 11 is 11.7. The summed E-state index contributed by atoms with van der Waals surface area (Å²) in [4.78, 5) is 24.5. The molecule has 22 heavy (non-hydrogen) atoms. The van der Waals surface area contributed by atoms with Gasteiger partial charge >= 0.3 is 0 Å². The van der Waals surface area contributed by atoms with Crippen LogP contribution in [0.5, 0.6) is 5.75 Å². The molecular formula is C15H18Cl2N2O3. The van der Waals surface area contributed by atoms with Crippen LogP contribution < -0.4 is 10.1 Å². The van der Waals surface area contributed by atoms with Gasteiger partial charge in [0.1, 0.15) is 5.75 Å². The van der Waals surface area contributed by atoms with Gasteiger partial charge in [-0.1, -0.05) is 29.3 Å². The normalized spacial score (nSPS) is 9.95. The van der Waals surface area contributed by atoms with Gasteiger partial charge in [0.25, 0.3) is 5.91 Å². The average Bonchev–Trinajstić information content (AvgIpc) is 2.45. The molecule has 0 fully saturated rings. The topological polar surface area (TPSA) is 58.6 Å². The first-order valence-electron chi connectivity index (χ1n) is 6.65. The summed E-state index contributed by atoms with van der Waals surface area (Å²) in [5.74, 6) is 0.0182. The fraction of sp³-hybridized carbons (Fsp3) is 0.333. The van der Waals surface area contributed by atoms with Crippen LogP contribution in [0.15, 0.2) is 30.9 Å². The number of nitrogens with zero attached hydrogens (tertiary/aromatic N) is 1. The molecule has 1 N–H and O–H groups in total. The van der Waals surface area contributed by atoms with Gasteiger partial charge in [0, 0.05) is 31.6 Å². The Labute approximate surface area is 139 Å². The molecule has 0 saturated carbocycles. The van der Waals surface area contributed by atoms with Gasteiger partial charge in [-0.3, -0.25) is 9.59 Å². The molecule has 0 unspecified atom stereocenters. The van der Waals surface area contributed by atoms with Crippen molar-refractivity contribution in [2.75, 3.05) is 26.2 Å². The largest absolute Gasteiger partial charge is 0.482 e. The molecule has 7 heteroatoms. The molecule has 0 bridgehead atoms. The van der Waals surface area contributed by atoms with E-state index in [1.165, 1.54) is 13.0 Å². The molecule has 0 aromatic heterocycles. The fourth-order valence-corrected chi connectivity index (χ4v) is 2.11. The lowest BCUT2D eigenvalue weighted by Gasteiger charge is -2.19. The van der Waals surface area contributed by atoms with E-state index in [4.69, 9.17) is 27.9 Å². The molecule has 0 aliphatic rings. The second kappa shape index (κ2) is 9.33. The van der Waals surface area contributed by atoms with Gasteiger partial charge in [-0.2, -0.15) is 0 Å². The van der Waals surface area contributed by atoms with E-state index in [0.717, 1.165) is 0 Å². The Morgan fingerprint density at radius 2 is 2.14 bits per heavy atom. The molecule has 120 valence electrons. The predicted molar refractivity (Wildman–Crippen MR) is 87.4 cm³/mol. The number of carbonyl (C=O) groups excluding carboxylic acids is 2. The zero-order chi connectivity index (χ0) is 16.5. The number of benzene rings is 1. The highest BCUT2D eigenvalue weighted by Crippen LogP contribution is 2.27. The standard InChI is InChI=1S/C15H18Cl2N2O3/c1-3-7-19(11(2)20)8-6-18-15(21)10-22-14-5-4-12(16)9-13(14)17/h3-5,9H,1,6-8,10H2,2H3,(H,18,21). The van der Waals surface area contributed by atoms with E-state index in [1.807, 2.05) is 0 Å². The molecule has 1 rings (SSSR count). The average molecular weight is 345 g/mol. The first kappa shape index (κ1) is 18.3. The SMILES string of the molecule is C=CCN(CCNC(=O)COc1ccc(Cl)cc1Cl)C(C)=O. The highest BCUT2D eigenvalue weighted by atomic mass is 35.5. The van der Waals surface area contributed by atoms with Crippen LogP contribution in [0.25, 0.3) is 0 Å². The monoisotopic (exact) mass is 344 g/mol. The van der Waals surface area contributed by atoms with Crippen molar-refractivity contribution in [3.05, 3.63) is 40.9 Å². The molecular weight excluding hydrogens is 327 g/mol. The molecule has 0 spiro atoms. The molecule has 0 atom stereocenters. The van der Waals surface area contributed by atoms with Crippen molar-refractivity contribution in [1.82, 2.24) is 10.2 Å². The van der Waals surface area contributed by atoms with Crippen LogP contribution in [-0.4, -0.2) is 43.0 Å². The lowest BCUT2D eigenvalue weighted by atomic mass is 10.3. The third-order valence-electron chi connectivity index (χ3n) is 2.75. The Hall–Kier alpha value is -1.72. The van der Waals surface area contributed by atoms with Gasteiger partial charge in [-0.15, -0.1) is 6.58 Å². The van der Waals surface area contributed by atoms with E-state index in [0.29, 0.717) is 35.4 Å². The van der Waals surface area contributed by atoms with E-state index < -0.39 is 0 Å². The summed E-state index contributed by atoms with van der Waals surface area (Å²) in [6.45, 7) is 6.08. The number of carbonyl (C=O) groups is 2. The summed E-state index contributed by atoms with van der Waals surface area (Å²) in [6.07, 6.45) is 1.63. The van der Waals surface area contributed by atoms with Crippen molar-refractivity contribution in [2.45, 2.75) is 6.92 Å². The molecule has 1 aromatic carbocycles.